The minimum Gasteiger partial charge on any atom is -0.452 e. The predicted molar refractivity (Wildman–Crippen MR) is 122 cm³/mol. The van der Waals surface area contributed by atoms with Crippen molar-refractivity contribution >= 4 is 45.2 Å². The quantitative estimate of drug-likeness (QED) is 0.475. The van der Waals surface area contributed by atoms with Crippen LogP contribution in [0, 0.1) is 13.8 Å². The van der Waals surface area contributed by atoms with Crippen molar-refractivity contribution in [3.63, 3.8) is 0 Å². The topological polar surface area (TPSA) is 85.0 Å². The van der Waals surface area contributed by atoms with Crippen LogP contribution in [0.15, 0.2) is 55.8 Å². The Bertz CT molecular complexity index is 1150. The van der Waals surface area contributed by atoms with Crippen LogP contribution < -0.4 is 10.6 Å². The number of carbonyl (C=O) groups is 1. The number of rotatable bonds is 5. The van der Waals surface area contributed by atoms with E-state index in [-0.39, 0.29) is 5.91 Å². The molecule has 1 unspecified atom stereocenters. The number of fused-ring (bicyclic) bond motifs is 1. The van der Waals surface area contributed by atoms with E-state index in [0.717, 1.165) is 22.6 Å². The molecule has 9 heteroatoms. The number of hydrogen-bond acceptors (Lipinski definition) is 6. The first-order chi connectivity index (χ1) is 14.4. The number of furan rings is 1. The van der Waals surface area contributed by atoms with Gasteiger partial charge in [0.15, 0.2) is 4.67 Å². The van der Waals surface area contributed by atoms with Crippen molar-refractivity contribution in [2.75, 3.05) is 16.4 Å². The lowest BCUT2D eigenvalue weighted by Gasteiger charge is -2.27. The summed E-state index contributed by atoms with van der Waals surface area (Å²) < 4.78 is 8.16. The lowest BCUT2D eigenvalue weighted by Crippen LogP contribution is -2.31. The molecule has 7 nitrogen and oxygen atoms in total. The van der Waals surface area contributed by atoms with E-state index in [0.29, 0.717) is 32.8 Å². The third kappa shape index (κ3) is 3.79. The minimum absolute atomic E-state index is 0.211. The van der Waals surface area contributed by atoms with Crippen molar-refractivity contribution in [2.24, 2.45) is 0 Å². The molecule has 2 N–H and O–H groups in total. The number of hydrogen-bond donors (Lipinski definition) is 2. The Kier molecular flexibility index (Phi) is 5.75. The average molecular weight is 488 g/mol. The highest BCUT2D eigenvalue weighted by Gasteiger charge is 2.36. The van der Waals surface area contributed by atoms with Gasteiger partial charge >= 0.3 is 0 Å². The van der Waals surface area contributed by atoms with Gasteiger partial charge in [-0.3, -0.25) is 4.79 Å². The summed E-state index contributed by atoms with van der Waals surface area (Å²) in [6, 6.07) is 8.99. The first-order valence-corrected chi connectivity index (χ1v) is 11.4. The van der Waals surface area contributed by atoms with Gasteiger partial charge in [0.05, 0.1) is 5.57 Å². The van der Waals surface area contributed by atoms with Crippen LogP contribution in [-0.4, -0.2) is 26.4 Å². The SMILES string of the molecule is CCSc1nc2n(n1)C(c1ccc(Br)o1)C(C(=O)Nc1cccc(C)c1C)=C(C)N2. The first-order valence-electron chi connectivity index (χ1n) is 9.59. The van der Waals surface area contributed by atoms with Gasteiger partial charge in [0, 0.05) is 11.4 Å². The number of aromatic nitrogens is 3. The first kappa shape index (κ1) is 20.7. The van der Waals surface area contributed by atoms with Crippen LogP contribution in [0.2, 0.25) is 0 Å². The summed E-state index contributed by atoms with van der Waals surface area (Å²) in [5.41, 5.74) is 4.18. The van der Waals surface area contributed by atoms with Crippen LogP contribution in [0.25, 0.3) is 0 Å². The number of thioether (sulfide) groups is 1. The van der Waals surface area contributed by atoms with Crippen molar-refractivity contribution in [1.29, 1.82) is 0 Å². The Labute approximate surface area is 187 Å². The van der Waals surface area contributed by atoms with Gasteiger partial charge in [0.25, 0.3) is 5.91 Å². The molecular weight excluding hydrogens is 466 g/mol. The molecule has 2 aromatic heterocycles. The summed E-state index contributed by atoms with van der Waals surface area (Å²) in [5, 5.41) is 11.6. The van der Waals surface area contributed by atoms with Crippen LogP contribution in [0.5, 0.6) is 0 Å². The minimum atomic E-state index is -0.531. The Morgan fingerprint density at radius 3 is 2.80 bits per heavy atom. The third-order valence-electron chi connectivity index (χ3n) is 5.07. The molecule has 0 radical (unpaired) electrons. The molecule has 0 saturated carbocycles. The number of carbonyl (C=O) groups excluding carboxylic acids is 1. The monoisotopic (exact) mass is 487 g/mol. The third-order valence-corrected chi connectivity index (χ3v) is 6.21. The summed E-state index contributed by atoms with van der Waals surface area (Å²) in [4.78, 5) is 18.0. The summed E-state index contributed by atoms with van der Waals surface area (Å²) in [5.74, 6) is 1.83. The highest BCUT2D eigenvalue weighted by molar-refractivity contribution is 9.10. The molecule has 0 spiro atoms. The molecule has 1 amide bonds. The van der Waals surface area contributed by atoms with E-state index in [1.165, 1.54) is 0 Å². The van der Waals surface area contributed by atoms with E-state index in [1.807, 2.05) is 58.0 Å². The Balaban J connectivity index is 1.77. The Morgan fingerprint density at radius 2 is 2.10 bits per heavy atom. The number of anilines is 2. The number of halogens is 1. The predicted octanol–water partition coefficient (Wildman–Crippen LogP) is 5.29. The van der Waals surface area contributed by atoms with Gasteiger partial charge in [-0.2, -0.15) is 4.98 Å². The van der Waals surface area contributed by atoms with E-state index >= 15 is 0 Å². The van der Waals surface area contributed by atoms with Crippen LogP contribution in [0.3, 0.4) is 0 Å². The summed E-state index contributed by atoms with van der Waals surface area (Å²) in [6.45, 7) is 7.94. The molecule has 0 saturated heterocycles. The molecule has 3 heterocycles. The number of nitrogens with zero attached hydrogens (tertiary/aromatic N) is 3. The zero-order valence-corrected chi connectivity index (χ0v) is 19.5. The average Bonchev–Trinajstić information content (AvgIpc) is 3.30. The van der Waals surface area contributed by atoms with E-state index in [9.17, 15) is 4.79 Å². The number of amides is 1. The van der Waals surface area contributed by atoms with E-state index in [2.05, 4.69) is 36.6 Å². The largest absolute Gasteiger partial charge is 0.452 e. The number of nitrogens with one attached hydrogen (secondary N) is 2. The van der Waals surface area contributed by atoms with Gasteiger partial charge in [-0.15, -0.1) is 5.10 Å². The molecule has 1 atom stereocenters. The van der Waals surface area contributed by atoms with E-state index < -0.39 is 6.04 Å². The summed E-state index contributed by atoms with van der Waals surface area (Å²) >= 11 is 4.91. The zero-order chi connectivity index (χ0) is 21.4. The van der Waals surface area contributed by atoms with Gasteiger partial charge < -0.3 is 15.1 Å². The fourth-order valence-corrected chi connectivity index (χ4v) is 4.30. The van der Waals surface area contributed by atoms with Crippen LogP contribution in [0.4, 0.5) is 11.6 Å². The molecule has 3 aromatic rings. The highest BCUT2D eigenvalue weighted by Crippen LogP contribution is 2.38. The van der Waals surface area contributed by atoms with Gasteiger partial charge in [-0.25, -0.2) is 4.68 Å². The second kappa shape index (κ2) is 8.31. The Hall–Kier alpha value is -2.52. The molecule has 1 aromatic carbocycles. The smallest absolute Gasteiger partial charge is 0.256 e. The van der Waals surface area contributed by atoms with Crippen molar-refractivity contribution in [2.45, 2.75) is 38.9 Å². The Morgan fingerprint density at radius 1 is 1.30 bits per heavy atom. The maximum atomic E-state index is 13.4. The van der Waals surface area contributed by atoms with Crippen molar-refractivity contribution < 1.29 is 9.21 Å². The van der Waals surface area contributed by atoms with Gasteiger partial charge in [0.2, 0.25) is 11.1 Å². The highest BCUT2D eigenvalue weighted by atomic mass is 79.9. The molecule has 30 heavy (non-hydrogen) atoms. The van der Waals surface area contributed by atoms with Crippen molar-refractivity contribution in [3.05, 3.63) is 63.2 Å². The molecule has 0 aliphatic carbocycles. The fourth-order valence-electron chi connectivity index (χ4n) is 3.43. The maximum Gasteiger partial charge on any atom is 0.256 e. The summed E-state index contributed by atoms with van der Waals surface area (Å²) in [6.07, 6.45) is 0. The van der Waals surface area contributed by atoms with Gasteiger partial charge in [-0.1, -0.05) is 30.8 Å². The van der Waals surface area contributed by atoms with Crippen molar-refractivity contribution in [3.8, 4) is 0 Å². The van der Waals surface area contributed by atoms with Crippen molar-refractivity contribution in [1.82, 2.24) is 14.8 Å². The number of allylic oxidation sites excluding steroid dienone is 1. The molecule has 0 fully saturated rings. The van der Waals surface area contributed by atoms with Gasteiger partial charge in [-0.05, 0) is 71.8 Å². The van der Waals surface area contributed by atoms with E-state index in [4.69, 9.17) is 4.42 Å². The van der Waals surface area contributed by atoms with Crippen LogP contribution in [0.1, 0.15) is 36.8 Å². The van der Waals surface area contributed by atoms with E-state index in [1.54, 1.807) is 16.4 Å². The fraction of sp³-hybridized carbons (Fsp3) is 0.286. The van der Waals surface area contributed by atoms with Crippen LogP contribution >= 0.6 is 27.7 Å². The molecule has 156 valence electrons. The number of aryl methyl sites for hydroxylation is 1. The molecule has 1 aliphatic heterocycles. The summed E-state index contributed by atoms with van der Waals surface area (Å²) in [7, 11) is 0. The molecule has 0 bridgehead atoms. The second-order valence-electron chi connectivity index (χ2n) is 7.01. The molecule has 4 rings (SSSR count). The maximum absolute atomic E-state index is 13.4. The second-order valence-corrected chi connectivity index (χ2v) is 9.02. The van der Waals surface area contributed by atoms with Gasteiger partial charge in [0.1, 0.15) is 11.8 Å². The normalized spacial score (nSPS) is 15.7. The number of benzene rings is 1. The zero-order valence-electron chi connectivity index (χ0n) is 17.1. The standard InChI is InChI=1S/C21H22BrN5O2S/c1-5-30-21-25-20-23-13(4)17(18(27(20)26-21)15-9-10-16(22)29-15)19(28)24-14-8-6-7-11(2)12(14)3/h6-10,18H,5H2,1-4H3,(H,24,28)(H,23,25,26). The lowest BCUT2D eigenvalue weighted by atomic mass is 9.99. The van der Waals surface area contributed by atoms with Crippen LogP contribution in [-0.2, 0) is 4.79 Å². The molecular formula is C21H22BrN5O2S. The molecule has 1 aliphatic rings. The lowest BCUT2D eigenvalue weighted by molar-refractivity contribution is -0.113.